The smallest absolute Gasteiger partial charge is 0.251 e. The number of rotatable bonds is 9. The van der Waals surface area contributed by atoms with Gasteiger partial charge in [-0.1, -0.05) is 13.8 Å². The first-order valence-corrected chi connectivity index (χ1v) is 11.9. The van der Waals surface area contributed by atoms with Gasteiger partial charge < -0.3 is 14.6 Å². The number of sulfonamides is 1. The summed E-state index contributed by atoms with van der Waals surface area (Å²) in [5.74, 6) is 1.80. The number of nitrogens with zero attached hydrogens (tertiary/aromatic N) is 1. The molecule has 2 N–H and O–H groups in total. The lowest BCUT2D eigenvalue weighted by Crippen LogP contribution is -2.40. The average molecular weight is 434 g/mol. The van der Waals surface area contributed by atoms with Gasteiger partial charge in [-0.15, -0.1) is 0 Å². The highest BCUT2D eigenvalue weighted by Gasteiger charge is 2.21. The second-order valence-electron chi connectivity index (χ2n) is 8.24. The lowest BCUT2D eigenvalue weighted by Gasteiger charge is -2.34. The largest absolute Gasteiger partial charge is 0.468 e. The predicted octanol–water partition coefficient (Wildman–Crippen LogP) is 2.86. The topological polar surface area (TPSA) is 91.7 Å². The molecular formula is C22H31N3O4S. The van der Waals surface area contributed by atoms with Crippen molar-refractivity contribution in [2.24, 2.45) is 11.8 Å². The summed E-state index contributed by atoms with van der Waals surface area (Å²) < 4.78 is 32.3. The third-order valence-corrected chi connectivity index (χ3v) is 6.74. The molecule has 1 aromatic carbocycles. The van der Waals surface area contributed by atoms with Crippen molar-refractivity contribution in [3.63, 3.8) is 0 Å². The van der Waals surface area contributed by atoms with Gasteiger partial charge in [-0.2, -0.15) is 0 Å². The first-order valence-electron chi connectivity index (χ1n) is 10.5. The molecule has 30 heavy (non-hydrogen) atoms. The van der Waals surface area contributed by atoms with Crippen molar-refractivity contribution < 1.29 is 17.6 Å². The molecule has 0 aliphatic carbocycles. The number of amides is 1. The van der Waals surface area contributed by atoms with Crippen molar-refractivity contribution in [3.05, 3.63) is 54.0 Å². The Hall–Kier alpha value is -2.16. The van der Waals surface area contributed by atoms with Crippen LogP contribution in [0.3, 0.4) is 0 Å². The Kier molecular flexibility index (Phi) is 7.69. The predicted molar refractivity (Wildman–Crippen MR) is 116 cm³/mol. The van der Waals surface area contributed by atoms with E-state index < -0.39 is 10.0 Å². The molecule has 0 spiro atoms. The molecule has 1 saturated heterocycles. The molecule has 1 fully saturated rings. The number of carbonyl (C=O) groups is 1. The molecule has 2 atom stereocenters. The lowest BCUT2D eigenvalue weighted by molar-refractivity contribution is 0.0947. The third-order valence-electron chi connectivity index (χ3n) is 5.32. The summed E-state index contributed by atoms with van der Waals surface area (Å²) in [7, 11) is -3.67. The molecule has 164 valence electrons. The second kappa shape index (κ2) is 10.2. The molecule has 2 aromatic rings. The second-order valence-corrected chi connectivity index (χ2v) is 10.0. The molecule has 0 bridgehead atoms. The minimum Gasteiger partial charge on any atom is -0.468 e. The number of carbonyl (C=O) groups excluding carboxylic acids is 1. The summed E-state index contributed by atoms with van der Waals surface area (Å²) >= 11 is 0. The van der Waals surface area contributed by atoms with Crippen LogP contribution in [0.1, 0.15) is 42.8 Å². The number of hydrogen-bond acceptors (Lipinski definition) is 5. The van der Waals surface area contributed by atoms with Crippen molar-refractivity contribution in [3.8, 4) is 0 Å². The average Bonchev–Trinajstić information content (AvgIpc) is 3.23. The summed E-state index contributed by atoms with van der Waals surface area (Å²) in [5.41, 5.74) is 0.445. The molecular weight excluding hydrogens is 402 g/mol. The highest BCUT2D eigenvalue weighted by molar-refractivity contribution is 7.89. The van der Waals surface area contributed by atoms with Crippen LogP contribution in [0.2, 0.25) is 0 Å². The van der Waals surface area contributed by atoms with Crippen molar-refractivity contribution in [2.45, 2.75) is 38.1 Å². The Bertz CT molecular complexity index is 900. The van der Waals surface area contributed by atoms with Crippen LogP contribution in [0.4, 0.5) is 0 Å². The highest BCUT2D eigenvalue weighted by atomic mass is 32.2. The van der Waals surface area contributed by atoms with Crippen molar-refractivity contribution in [2.75, 3.05) is 26.2 Å². The maximum atomic E-state index is 12.4. The van der Waals surface area contributed by atoms with Crippen LogP contribution in [0, 0.1) is 11.8 Å². The van der Waals surface area contributed by atoms with Gasteiger partial charge in [-0.05, 0) is 67.6 Å². The van der Waals surface area contributed by atoms with Gasteiger partial charge in [-0.3, -0.25) is 4.79 Å². The van der Waals surface area contributed by atoms with E-state index in [0.29, 0.717) is 17.9 Å². The highest BCUT2D eigenvalue weighted by Crippen LogP contribution is 2.20. The van der Waals surface area contributed by atoms with Crippen LogP contribution in [-0.4, -0.2) is 45.4 Å². The van der Waals surface area contributed by atoms with Crippen LogP contribution in [0.5, 0.6) is 0 Å². The van der Waals surface area contributed by atoms with Gasteiger partial charge in [0.05, 0.1) is 17.7 Å². The van der Waals surface area contributed by atoms with Gasteiger partial charge >= 0.3 is 0 Å². The Morgan fingerprint density at radius 1 is 1.13 bits per heavy atom. The van der Waals surface area contributed by atoms with Gasteiger partial charge in [0.1, 0.15) is 5.76 Å². The fraction of sp³-hybridized carbons (Fsp3) is 0.500. The summed E-state index contributed by atoms with van der Waals surface area (Å²) in [6, 6.07) is 9.34. The lowest BCUT2D eigenvalue weighted by atomic mass is 9.92. The zero-order valence-corrected chi connectivity index (χ0v) is 18.5. The van der Waals surface area contributed by atoms with E-state index in [2.05, 4.69) is 28.8 Å². The van der Waals surface area contributed by atoms with Gasteiger partial charge in [0.25, 0.3) is 5.91 Å². The van der Waals surface area contributed by atoms with Crippen LogP contribution in [0.25, 0.3) is 0 Å². The van der Waals surface area contributed by atoms with Crippen molar-refractivity contribution in [1.29, 1.82) is 0 Å². The summed E-state index contributed by atoms with van der Waals surface area (Å²) in [6.07, 6.45) is 3.68. The molecule has 3 rings (SSSR count). The molecule has 8 heteroatoms. The minimum atomic E-state index is -3.67. The quantitative estimate of drug-likeness (QED) is 0.594. The molecule has 7 nitrogen and oxygen atoms in total. The first kappa shape index (κ1) is 22.5. The van der Waals surface area contributed by atoms with E-state index in [1.54, 1.807) is 12.1 Å². The zero-order chi connectivity index (χ0) is 21.6. The standard InChI is InChI=1S/C22H31N3O4S/c1-17-13-18(2)16-25(15-17)11-4-10-23-22(26)19-6-8-21(9-7-19)30(27,28)24-14-20-5-3-12-29-20/h3,5-9,12,17-18,24H,4,10-11,13-16H2,1-2H3,(H,23,26)/t17-,18+. The molecule has 2 heterocycles. The number of nitrogens with one attached hydrogen (secondary N) is 2. The van der Waals surface area contributed by atoms with Crippen molar-refractivity contribution >= 4 is 15.9 Å². The molecule has 0 saturated carbocycles. The van der Waals surface area contributed by atoms with Crippen LogP contribution >= 0.6 is 0 Å². The van der Waals surface area contributed by atoms with Crippen LogP contribution in [0.15, 0.2) is 52.0 Å². The van der Waals surface area contributed by atoms with E-state index >= 15 is 0 Å². The molecule has 0 radical (unpaired) electrons. The zero-order valence-electron chi connectivity index (χ0n) is 17.6. The Morgan fingerprint density at radius 2 is 1.83 bits per heavy atom. The molecule has 1 amide bonds. The van der Waals surface area contributed by atoms with E-state index in [4.69, 9.17) is 4.42 Å². The van der Waals surface area contributed by atoms with E-state index in [1.165, 1.54) is 36.9 Å². The third kappa shape index (κ3) is 6.42. The summed E-state index contributed by atoms with van der Waals surface area (Å²) in [4.78, 5) is 14.9. The van der Waals surface area contributed by atoms with E-state index in [-0.39, 0.29) is 17.3 Å². The summed E-state index contributed by atoms with van der Waals surface area (Å²) in [6.45, 7) is 8.49. The summed E-state index contributed by atoms with van der Waals surface area (Å²) in [5, 5.41) is 2.92. The van der Waals surface area contributed by atoms with Crippen LogP contribution in [-0.2, 0) is 16.6 Å². The van der Waals surface area contributed by atoms with Crippen molar-refractivity contribution in [1.82, 2.24) is 14.9 Å². The van der Waals surface area contributed by atoms with E-state index in [9.17, 15) is 13.2 Å². The fourth-order valence-corrected chi connectivity index (χ4v) is 5.02. The van der Waals surface area contributed by atoms with Gasteiger partial charge in [0.2, 0.25) is 10.0 Å². The van der Waals surface area contributed by atoms with Gasteiger partial charge in [0, 0.05) is 25.2 Å². The number of furan rings is 1. The molecule has 1 aliphatic heterocycles. The molecule has 0 unspecified atom stereocenters. The Balaban J connectivity index is 1.44. The van der Waals surface area contributed by atoms with Crippen LogP contribution < -0.4 is 10.0 Å². The SMILES string of the molecule is C[C@@H]1C[C@H](C)CN(CCCNC(=O)c2ccc(S(=O)(=O)NCc3ccco3)cc2)C1. The number of likely N-dealkylation sites (tertiary alicyclic amines) is 1. The number of piperidine rings is 1. The molecule has 1 aromatic heterocycles. The maximum absolute atomic E-state index is 12.4. The van der Waals surface area contributed by atoms with Gasteiger partial charge in [-0.25, -0.2) is 13.1 Å². The minimum absolute atomic E-state index is 0.0755. The maximum Gasteiger partial charge on any atom is 0.251 e. The monoisotopic (exact) mass is 433 g/mol. The normalized spacial score (nSPS) is 20.2. The van der Waals surface area contributed by atoms with E-state index in [1.807, 2.05) is 0 Å². The Morgan fingerprint density at radius 3 is 2.47 bits per heavy atom. The fourth-order valence-electron chi connectivity index (χ4n) is 4.03. The molecule has 1 aliphatic rings. The number of benzene rings is 1. The Labute approximate surface area is 178 Å². The van der Waals surface area contributed by atoms with E-state index in [0.717, 1.165) is 37.9 Å². The number of hydrogen-bond donors (Lipinski definition) is 2. The van der Waals surface area contributed by atoms with Gasteiger partial charge in [0.15, 0.2) is 0 Å². The first-order chi connectivity index (χ1) is 14.3.